The molecule has 2 saturated carbocycles. The van der Waals surface area contributed by atoms with Crippen LogP contribution in [0, 0.1) is 40.4 Å². The number of benzene rings is 4. The van der Waals surface area contributed by atoms with E-state index in [2.05, 4.69) is 50.3 Å². The van der Waals surface area contributed by atoms with E-state index in [0.717, 1.165) is 65.0 Å². The molecule has 0 radical (unpaired) electrons. The van der Waals surface area contributed by atoms with Crippen molar-refractivity contribution in [3.8, 4) is 51.3 Å². The Morgan fingerprint density at radius 2 is 1.16 bits per heavy atom. The van der Waals surface area contributed by atoms with Crippen molar-refractivity contribution in [2.45, 2.75) is 71.1 Å². The summed E-state index contributed by atoms with van der Waals surface area (Å²) in [5, 5.41) is 18.8. The predicted molar refractivity (Wildman–Crippen MR) is 179 cm³/mol. The molecule has 2 aliphatic rings. The Morgan fingerprint density at radius 3 is 1.76 bits per heavy atom. The lowest BCUT2D eigenvalue weighted by Gasteiger charge is -2.28. The van der Waals surface area contributed by atoms with Crippen LogP contribution >= 0.6 is 0 Å². The van der Waals surface area contributed by atoms with Crippen LogP contribution in [0.2, 0.25) is 0 Å². The van der Waals surface area contributed by atoms with Gasteiger partial charge in [0.2, 0.25) is 0 Å². The third-order valence-corrected chi connectivity index (χ3v) is 10.0. The number of esters is 1. The number of ether oxygens (including phenoxy) is 1. The minimum Gasteiger partial charge on any atom is -0.426 e. The van der Waals surface area contributed by atoms with E-state index in [4.69, 9.17) is 4.74 Å². The van der Waals surface area contributed by atoms with Crippen LogP contribution in [0.15, 0.2) is 84.9 Å². The van der Waals surface area contributed by atoms with Crippen molar-refractivity contribution in [3.05, 3.63) is 102 Å². The van der Waals surface area contributed by atoms with Crippen LogP contribution in [0.25, 0.3) is 33.4 Å². The molecular weight excluding hydrogens is 552 g/mol. The Labute approximate surface area is 267 Å². The van der Waals surface area contributed by atoms with Gasteiger partial charge < -0.3 is 4.74 Å². The fourth-order valence-electron chi connectivity index (χ4n) is 7.04. The van der Waals surface area contributed by atoms with Crippen molar-refractivity contribution in [3.63, 3.8) is 0 Å². The standard InChI is InChI=1S/C41H40N2O2/c1-27-3-11-31(12-4-27)35-19-21-37(33-17-9-30(26-43)10-18-33)38(23-35)39-24-36(32-15-7-29(25-42)8-16-32)20-22-40(39)45-41(44)34-13-5-28(2)6-14-34/h7-10,15-24,27-28,31,34H,3-6,11-14H2,1-2H3. The second-order valence-electron chi connectivity index (χ2n) is 13.2. The maximum atomic E-state index is 13.6. The van der Waals surface area contributed by atoms with Gasteiger partial charge in [-0.1, -0.05) is 75.2 Å². The topological polar surface area (TPSA) is 73.9 Å². The van der Waals surface area contributed by atoms with Crippen LogP contribution < -0.4 is 4.74 Å². The van der Waals surface area contributed by atoms with Gasteiger partial charge in [-0.25, -0.2) is 0 Å². The number of hydrogen-bond acceptors (Lipinski definition) is 4. The van der Waals surface area contributed by atoms with Crippen LogP contribution in [0.5, 0.6) is 5.75 Å². The van der Waals surface area contributed by atoms with Gasteiger partial charge in [-0.05, 0) is 126 Å². The summed E-state index contributed by atoms with van der Waals surface area (Å²) in [7, 11) is 0. The van der Waals surface area contributed by atoms with Gasteiger partial charge in [-0.2, -0.15) is 10.5 Å². The maximum absolute atomic E-state index is 13.6. The van der Waals surface area contributed by atoms with E-state index in [9.17, 15) is 15.3 Å². The van der Waals surface area contributed by atoms with Gasteiger partial charge in [-0.15, -0.1) is 0 Å². The number of nitriles is 2. The fourth-order valence-corrected chi connectivity index (χ4v) is 7.04. The van der Waals surface area contributed by atoms with E-state index in [1.165, 1.54) is 31.2 Å². The second-order valence-corrected chi connectivity index (χ2v) is 13.2. The molecule has 2 fully saturated rings. The number of carbonyl (C=O) groups excluding carboxylic acids is 1. The number of nitrogens with zero attached hydrogens (tertiary/aromatic N) is 2. The van der Waals surface area contributed by atoms with Crippen LogP contribution in [0.1, 0.15) is 87.8 Å². The fraction of sp³-hybridized carbons (Fsp3) is 0.341. The van der Waals surface area contributed by atoms with Crippen molar-refractivity contribution in [2.24, 2.45) is 17.8 Å². The summed E-state index contributed by atoms with van der Waals surface area (Å²) in [5.41, 5.74) is 8.47. The lowest BCUT2D eigenvalue weighted by atomic mass is 9.78. The summed E-state index contributed by atoms with van der Waals surface area (Å²) < 4.78 is 6.30. The number of carbonyl (C=O) groups is 1. The summed E-state index contributed by atoms with van der Waals surface area (Å²) in [4.78, 5) is 13.6. The normalized spacial score (nSPS) is 21.3. The molecule has 0 aliphatic heterocycles. The Balaban J connectivity index is 1.48. The molecule has 0 atom stereocenters. The molecule has 4 nitrogen and oxygen atoms in total. The molecule has 0 saturated heterocycles. The maximum Gasteiger partial charge on any atom is 0.314 e. The first-order chi connectivity index (χ1) is 21.9. The van der Waals surface area contributed by atoms with Gasteiger partial charge in [0.15, 0.2) is 0 Å². The summed E-state index contributed by atoms with van der Waals surface area (Å²) in [6.45, 7) is 4.60. The molecule has 4 aromatic carbocycles. The Morgan fingerprint density at radius 1 is 0.600 bits per heavy atom. The van der Waals surface area contributed by atoms with Gasteiger partial charge in [0.1, 0.15) is 5.75 Å². The number of hydrogen-bond donors (Lipinski definition) is 0. The summed E-state index contributed by atoms with van der Waals surface area (Å²) >= 11 is 0. The zero-order chi connectivity index (χ0) is 31.3. The predicted octanol–water partition coefficient (Wildman–Crippen LogP) is 10.5. The van der Waals surface area contributed by atoms with Crippen molar-refractivity contribution >= 4 is 5.97 Å². The first-order valence-corrected chi connectivity index (χ1v) is 16.4. The molecule has 0 unspecified atom stereocenters. The van der Waals surface area contributed by atoms with Crippen molar-refractivity contribution < 1.29 is 9.53 Å². The Bertz CT molecular complexity index is 1740. The lowest BCUT2D eigenvalue weighted by Crippen LogP contribution is -2.25. The molecule has 4 heteroatoms. The first-order valence-electron chi connectivity index (χ1n) is 16.4. The smallest absolute Gasteiger partial charge is 0.314 e. The largest absolute Gasteiger partial charge is 0.426 e. The van der Waals surface area contributed by atoms with Crippen LogP contribution in [0.4, 0.5) is 0 Å². The summed E-state index contributed by atoms with van der Waals surface area (Å²) in [6, 6.07) is 32.6. The Kier molecular flexibility index (Phi) is 9.13. The molecule has 0 N–H and O–H groups in total. The molecule has 0 bridgehead atoms. The molecular formula is C41H40N2O2. The average molecular weight is 593 g/mol. The Hall–Kier alpha value is -4.67. The van der Waals surface area contributed by atoms with Gasteiger partial charge in [-0.3, -0.25) is 4.79 Å². The van der Waals surface area contributed by atoms with Crippen molar-refractivity contribution in [2.75, 3.05) is 0 Å². The number of rotatable bonds is 6. The highest BCUT2D eigenvalue weighted by Crippen LogP contribution is 2.44. The first kappa shape index (κ1) is 30.4. The van der Waals surface area contributed by atoms with E-state index in [1.807, 2.05) is 60.7 Å². The molecule has 6 rings (SSSR count). The van der Waals surface area contributed by atoms with E-state index in [0.29, 0.717) is 28.7 Å². The van der Waals surface area contributed by atoms with Gasteiger partial charge in [0, 0.05) is 5.56 Å². The van der Waals surface area contributed by atoms with Gasteiger partial charge in [0.05, 0.1) is 29.2 Å². The highest BCUT2D eigenvalue weighted by molar-refractivity contribution is 5.90. The minimum absolute atomic E-state index is 0.0826. The quantitative estimate of drug-likeness (QED) is 0.165. The lowest BCUT2D eigenvalue weighted by molar-refractivity contribution is -0.140. The zero-order valence-corrected chi connectivity index (χ0v) is 26.3. The highest BCUT2D eigenvalue weighted by atomic mass is 16.5. The van der Waals surface area contributed by atoms with Crippen molar-refractivity contribution in [1.29, 1.82) is 10.5 Å². The van der Waals surface area contributed by atoms with Crippen LogP contribution in [0.3, 0.4) is 0 Å². The molecule has 0 heterocycles. The van der Waals surface area contributed by atoms with E-state index in [-0.39, 0.29) is 11.9 Å². The average Bonchev–Trinajstić information content (AvgIpc) is 3.09. The SMILES string of the molecule is CC1CCC(C(=O)Oc2ccc(-c3ccc(C#N)cc3)cc2-c2cc(C3CCC(C)CC3)ccc2-c2ccc(C#N)cc2)CC1. The monoisotopic (exact) mass is 592 g/mol. The third-order valence-electron chi connectivity index (χ3n) is 10.0. The van der Waals surface area contributed by atoms with Gasteiger partial charge in [0.25, 0.3) is 0 Å². The van der Waals surface area contributed by atoms with E-state index in [1.54, 1.807) is 0 Å². The third kappa shape index (κ3) is 6.87. The molecule has 226 valence electrons. The van der Waals surface area contributed by atoms with Crippen LogP contribution in [-0.4, -0.2) is 5.97 Å². The highest BCUT2D eigenvalue weighted by Gasteiger charge is 2.28. The molecule has 0 amide bonds. The second kappa shape index (κ2) is 13.5. The molecule has 2 aliphatic carbocycles. The molecule has 45 heavy (non-hydrogen) atoms. The molecule has 4 aromatic rings. The van der Waals surface area contributed by atoms with E-state index < -0.39 is 0 Å². The molecule has 0 aromatic heterocycles. The zero-order valence-electron chi connectivity index (χ0n) is 26.3. The van der Waals surface area contributed by atoms with E-state index >= 15 is 0 Å². The summed E-state index contributed by atoms with van der Waals surface area (Å²) in [5.74, 6) is 2.24. The summed E-state index contributed by atoms with van der Waals surface area (Å²) in [6.07, 6.45) is 8.64. The van der Waals surface area contributed by atoms with Crippen LogP contribution in [-0.2, 0) is 4.79 Å². The molecule has 0 spiro atoms. The van der Waals surface area contributed by atoms with Gasteiger partial charge >= 0.3 is 5.97 Å². The van der Waals surface area contributed by atoms with Crippen molar-refractivity contribution in [1.82, 2.24) is 0 Å². The minimum atomic E-state index is -0.147.